The highest BCUT2D eigenvalue weighted by Crippen LogP contribution is 2.28. The molecule has 0 spiro atoms. The van der Waals surface area contributed by atoms with Crippen molar-refractivity contribution in [1.29, 1.82) is 0 Å². The number of esters is 1. The molecule has 1 aliphatic rings. The van der Waals surface area contributed by atoms with Crippen LogP contribution < -0.4 is 4.90 Å². The number of benzene rings is 1. The molecule has 1 amide bonds. The molecule has 5 nitrogen and oxygen atoms in total. The third kappa shape index (κ3) is 3.71. The van der Waals surface area contributed by atoms with E-state index < -0.39 is 0 Å². The standard InChI is InChI=1S/C16H21ClN2O3/c1-3-4-15(20)19-9-7-18(8-10-19)14-11-12(16(21)22-2)5-6-13(14)17/h5-6,11H,3-4,7-10H2,1-2H3. The minimum absolute atomic E-state index is 0.205. The molecule has 1 aliphatic heterocycles. The molecule has 1 heterocycles. The molecule has 1 fully saturated rings. The maximum atomic E-state index is 11.9. The summed E-state index contributed by atoms with van der Waals surface area (Å²) < 4.78 is 4.74. The first-order valence-electron chi connectivity index (χ1n) is 7.47. The predicted molar refractivity (Wildman–Crippen MR) is 86.5 cm³/mol. The molecule has 1 saturated heterocycles. The largest absolute Gasteiger partial charge is 0.465 e. The van der Waals surface area contributed by atoms with Gasteiger partial charge in [0.1, 0.15) is 0 Å². The van der Waals surface area contributed by atoms with Crippen LogP contribution in [0.2, 0.25) is 5.02 Å². The van der Waals surface area contributed by atoms with Gasteiger partial charge in [-0.2, -0.15) is 0 Å². The van der Waals surface area contributed by atoms with Crippen LogP contribution in [0, 0.1) is 0 Å². The summed E-state index contributed by atoms with van der Waals surface area (Å²) in [5.74, 6) is -0.175. The van der Waals surface area contributed by atoms with Crippen LogP contribution >= 0.6 is 11.6 Å². The molecule has 120 valence electrons. The van der Waals surface area contributed by atoms with Crippen LogP contribution in [0.5, 0.6) is 0 Å². The van der Waals surface area contributed by atoms with Crippen molar-refractivity contribution in [2.24, 2.45) is 0 Å². The van der Waals surface area contributed by atoms with E-state index >= 15 is 0 Å². The van der Waals surface area contributed by atoms with E-state index in [0.29, 0.717) is 43.2 Å². The van der Waals surface area contributed by atoms with Crippen molar-refractivity contribution in [3.8, 4) is 0 Å². The van der Waals surface area contributed by atoms with Crippen molar-refractivity contribution >= 4 is 29.2 Å². The Labute approximate surface area is 135 Å². The quantitative estimate of drug-likeness (QED) is 0.799. The molecule has 1 aromatic carbocycles. The summed E-state index contributed by atoms with van der Waals surface area (Å²) in [5.41, 5.74) is 1.29. The number of halogens is 1. The summed E-state index contributed by atoms with van der Waals surface area (Å²) >= 11 is 6.25. The van der Waals surface area contributed by atoms with Gasteiger partial charge < -0.3 is 14.5 Å². The van der Waals surface area contributed by atoms with Crippen LogP contribution in [-0.4, -0.2) is 50.1 Å². The molecule has 0 N–H and O–H groups in total. The Hall–Kier alpha value is -1.75. The number of piperazine rings is 1. The van der Waals surface area contributed by atoms with Gasteiger partial charge in [-0.15, -0.1) is 0 Å². The lowest BCUT2D eigenvalue weighted by Gasteiger charge is -2.36. The predicted octanol–water partition coefficient (Wildman–Crippen LogP) is 2.58. The second-order valence-corrected chi connectivity index (χ2v) is 5.68. The normalized spacial score (nSPS) is 14.9. The van der Waals surface area contributed by atoms with Crippen molar-refractivity contribution in [3.63, 3.8) is 0 Å². The lowest BCUT2D eigenvalue weighted by Crippen LogP contribution is -2.48. The fourth-order valence-electron chi connectivity index (χ4n) is 2.57. The molecule has 0 aromatic heterocycles. The summed E-state index contributed by atoms with van der Waals surface area (Å²) in [6.07, 6.45) is 1.46. The Balaban J connectivity index is 2.07. The van der Waals surface area contributed by atoms with Gasteiger partial charge in [0.15, 0.2) is 0 Å². The van der Waals surface area contributed by atoms with Gasteiger partial charge in [0.05, 0.1) is 23.4 Å². The number of nitrogens with zero attached hydrogens (tertiary/aromatic N) is 2. The van der Waals surface area contributed by atoms with Gasteiger partial charge in [-0.3, -0.25) is 4.79 Å². The highest BCUT2D eigenvalue weighted by molar-refractivity contribution is 6.33. The fourth-order valence-corrected chi connectivity index (χ4v) is 2.81. The minimum atomic E-state index is -0.380. The van der Waals surface area contributed by atoms with Crippen LogP contribution in [-0.2, 0) is 9.53 Å². The van der Waals surface area contributed by atoms with E-state index in [9.17, 15) is 9.59 Å². The summed E-state index contributed by atoms with van der Waals surface area (Å²) in [6, 6.07) is 5.11. The van der Waals surface area contributed by atoms with E-state index in [1.165, 1.54) is 7.11 Å². The first-order chi connectivity index (χ1) is 10.6. The maximum absolute atomic E-state index is 11.9. The lowest BCUT2D eigenvalue weighted by atomic mass is 10.1. The molecule has 1 aromatic rings. The number of carbonyl (C=O) groups is 2. The smallest absolute Gasteiger partial charge is 0.337 e. The van der Waals surface area contributed by atoms with Gasteiger partial charge in [-0.25, -0.2) is 4.79 Å². The second-order valence-electron chi connectivity index (χ2n) is 5.28. The van der Waals surface area contributed by atoms with E-state index in [1.807, 2.05) is 11.8 Å². The Bertz CT molecular complexity index is 554. The zero-order chi connectivity index (χ0) is 16.1. The van der Waals surface area contributed by atoms with Crippen molar-refractivity contribution < 1.29 is 14.3 Å². The first kappa shape index (κ1) is 16.6. The number of methoxy groups -OCH3 is 1. The van der Waals surface area contributed by atoms with Crippen LogP contribution in [0.4, 0.5) is 5.69 Å². The van der Waals surface area contributed by atoms with Crippen molar-refractivity contribution in [1.82, 2.24) is 4.90 Å². The van der Waals surface area contributed by atoms with Crippen LogP contribution in [0.15, 0.2) is 18.2 Å². The zero-order valence-electron chi connectivity index (χ0n) is 13.0. The third-order valence-corrected chi connectivity index (χ3v) is 4.12. The number of hydrogen-bond acceptors (Lipinski definition) is 4. The molecule has 22 heavy (non-hydrogen) atoms. The summed E-state index contributed by atoms with van der Waals surface area (Å²) in [6.45, 7) is 4.78. The highest BCUT2D eigenvalue weighted by Gasteiger charge is 2.22. The molecular formula is C16H21ClN2O3. The molecule has 2 rings (SSSR count). The number of anilines is 1. The van der Waals surface area contributed by atoms with Crippen LogP contribution in [0.25, 0.3) is 0 Å². The van der Waals surface area contributed by atoms with Crippen LogP contribution in [0.1, 0.15) is 30.1 Å². The second kappa shape index (κ2) is 7.49. The Morgan fingerprint density at radius 2 is 1.91 bits per heavy atom. The molecule has 0 unspecified atom stereocenters. The van der Waals surface area contributed by atoms with E-state index in [4.69, 9.17) is 16.3 Å². The summed E-state index contributed by atoms with van der Waals surface area (Å²) in [5, 5.41) is 0.598. The molecule has 6 heteroatoms. The molecule has 0 atom stereocenters. The van der Waals surface area contributed by atoms with Gasteiger partial charge in [-0.1, -0.05) is 18.5 Å². The van der Waals surface area contributed by atoms with Gasteiger partial charge >= 0.3 is 5.97 Å². The molecule has 0 aliphatic carbocycles. The average Bonchev–Trinajstić information content (AvgIpc) is 2.55. The van der Waals surface area contributed by atoms with Crippen LogP contribution in [0.3, 0.4) is 0 Å². The highest BCUT2D eigenvalue weighted by atomic mass is 35.5. The lowest BCUT2D eigenvalue weighted by molar-refractivity contribution is -0.131. The Morgan fingerprint density at radius 1 is 1.23 bits per heavy atom. The van der Waals surface area contributed by atoms with Gasteiger partial charge in [0.2, 0.25) is 5.91 Å². The number of rotatable bonds is 4. The third-order valence-electron chi connectivity index (χ3n) is 3.80. The number of hydrogen-bond donors (Lipinski definition) is 0. The van der Waals surface area contributed by atoms with E-state index in [1.54, 1.807) is 18.2 Å². The molecule has 0 bridgehead atoms. The van der Waals surface area contributed by atoms with E-state index in [2.05, 4.69) is 4.90 Å². The van der Waals surface area contributed by atoms with Crippen molar-refractivity contribution in [3.05, 3.63) is 28.8 Å². The number of carbonyl (C=O) groups excluding carboxylic acids is 2. The van der Waals surface area contributed by atoms with E-state index in [-0.39, 0.29) is 11.9 Å². The zero-order valence-corrected chi connectivity index (χ0v) is 13.7. The van der Waals surface area contributed by atoms with Gasteiger partial charge in [-0.05, 0) is 24.6 Å². The van der Waals surface area contributed by atoms with Crippen molar-refractivity contribution in [2.75, 3.05) is 38.2 Å². The van der Waals surface area contributed by atoms with Gasteiger partial charge in [0, 0.05) is 32.6 Å². The first-order valence-corrected chi connectivity index (χ1v) is 7.85. The topological polar surface area (TPSA) is 49.9 Å². The SMILES string of the molecule is CCCC(=O)N1CCN(c2cc(C(=O)OC)ccc2Cl)CC1. The van der Waals surface area contributed by atoms with Crippen molar-refractivity contribution in [2.45, 2.75) is 19.8 Å². The summed E-state index contributed by atoms with van der Waals surface area (Å²) in [4.78, 5) is 27.5. The molecule has 0 radical (unpaired) electrons. The molecular weight excluding hydrogens is 304 g/mol. The average molecular weight is 325 g/mol. The van der Waals surface area contributed by atoms with Gasteiger partial charge in [0.25, 0.3) is 0 Å². The maximum Gasteiger partial charge on any atom is 0.337 e. The Morgan fingerprint density at radius 3 is 2.50 bits per heavy atom. The van der Waals surface area contributed by atoms with E-state index in [0.717, 1.165) is 12.1 Å². The number of amides is 1. The Kier molecular flexibility index (Phi) is 5.66. The molecule has 0 saturated carbocycles. The minimum Gasteiger partial charge on any atom is -0.465 e. The monoisotopic (exact) mass is 324 g/mol. The number of ether oxygens (including phenoxy) is 1. The summed E-state index contributed by atoms with van der Waals surface area (Å²) in [7, 11) is 1.36. The fraction of sp³-hybridized carbons (Fsp3) is 0.500.